The summed E-state index contributed by atoms with van der Waals surface area (Å²) in [5.41, 5.74) is 3.97. The van der Waals surface area contributed by atoms with Crippen LogP contribution in [0, 0.1) is 0 Å². The van der Waals surface area contributed by atoms with E-state index in [1.807, 2.05) is 11.3 Å². The molecule has 0 saturated heterocycles. The molecule has 1 aliphatic heterocycles. The molecule has 4 heterocycles. The van der Waals surface area contributed by atoms with Gasteiger partial charge in [0.05, 0.1) is 5.69 Å². The standard InChI is InChI=1S/C16H16N2S3/c1-11-14-4-7-20-15(14)2-5-18(11)8-13-10-21-16(17-13)12-3-6-19-9-12/h3-4,6-7,9-11H,2,5,8H2,1H3. The van der Waals surface area contributed by atoms with Crippen molar-refractivity contribution in [2.75, 3.05) is 6.54 Å². The zero-order valence-corrected chi connectivity index (χ0v) is 14.2. The minimum atomic E-state index is 0.506. The van der Waals surface area contributed by atoms with Gasteiger partial charge in [-0.25, -0.2) is 4.98 Å². The lowest BCUT2D eigenvalue weighted by Crippen LogP contribution is -2.32. The molecule has 1 aliphatic rings. The number of hydrogen-bond acceptors (Lipinski definition) is 5. The lowest BCUT2D eigenvalue weighted by molar-refractivity contribution is 0.189. The van der Waals surface area contributed by atoms with Crippen LogP contribution in [0.2, 0.25) is 0 Å². The molecule has 2 nitrogen and oxygen atoms in total. The Morgan fingerprint density at radius 3 is 3.05 bits per heavy atom. The third-order valence-electron chi connectivity index (χ3n) is 4.09. The van der Waals surface area contributed by atoms with Crippen LogP contribution in [0.5, 0.6) is 0 Å². The van der Waals surface area contributed by atoms with Gasteiger partial charge in [-0.05, 0) is 41.8 Å². The average Bonchev–Trinajstić information content (AvgIpc) is 3.21. The van der Waals surface area contributed by atoms with Crippen LogP contribution in [0.3, 0.4) is 0 Å². The maximum atomic E-state index is 4.81. The van der Waals surface area contributed by atoms with Crippen LogP contribution in [-0.2, 0) is 13.0 Å². The predicted octanol–water partition coefficient (Wildman–Crippen LogP) is 5.05. The van der Waals surface area contributed by atoms with Gasteiger partial charge in [-0.2, -0.15) is 11.3 Å². The molecule has 3 aromatic rings. The van der Waals surface area contributed by atoms with Gasteiger partial charge in [0.25, 0.3) is 0 Å². The number of nitrogens with zero attached hydrogens (tertiary/aromatic N) is 2. The highest BCUT2D eigenvalue weighted by Crippen LogP contribution is 2.34. The van der Waals surface area contributed by atoms with Crippen LogP contribution in [-0.4, -0.2) is 16.4 Å². The van der Waals surface area contributed by atoms with Crippen molar-refractivity contribution >= 4 is 34.0 Å². The molecular formula is C16H16N2S3. The zero-order chi connectivity index (χ0) is 14.2. The molecule has 3 aromatic heterocycles. The van der Waals surface area contributed by atoms with E-state index in [9.17, 15) is 0 Å². The number of thiophene rings is 2. The molecule has 0 amide bonds. The van der Waals surface area contributed by atoms with E-state index in [-0.39, 0.29) is 0 Å². The first-order valence-electron chi connectivity index (χ1n) is 7.08. The molecule has 0 spiro atoms. The second kappa shape index (κ2) is 5.65. The second-order valence-corrected chi connectivity index (χ2v) is 7.99. The van der Waals surface area contributed by atoms with Crippen molar-refractivity contribution in [3.05, 3.63) is 49.8 Å². The van der Waals surface area contributed by atoms with E-state index in [2.05, 4.69) is 45.5 Å². The maximum Gasteiger partial charge on any atom is 0.124 e. The number of rotatable bonds is 3. The first-order valence-corrected chi connectivity index (χ1v) is 9.79. The van der Waals surface area contributed by atoms with E-state index in [0.29, 0.717) is 6.04 Å². The molecule has 0 aliphatic carbocycles. The SMILES string of the molecule is CC1c2ccsc2CCN1Cc1csc(-c2ccsc2)n1. The van der Waals surface area contributed by atoms with E-state index in [1.165, 1.54) is 23.2 Å². The Kier molecular flexibility index (Phi) is 3.67. The molecule has 21 heavy (non-hydrogen) atoms. The lowest BCUT2D eigenvalue weighted by Gasteiger charge is -2.32. The minimum absolute atomic E-state index is 0.506. The van der Waals surface area contributed by atoms with Crippen molar-refractivity contribution in [2.45, 2.75) is 25.9 Å². The Hall–Kier alpha value is -1.01. The van der Waals surface area contributed by atoms with Gasteiger partial charge in [0.1, 0.15) is 5.01 Å². The van der Waals surface area contributed by atoms with Gasteiger partial charge < -0.3 is 0 Å². The topological polar surface area (TPSA) is 16.1 Å². The van der Waals surface area contributed by atoms with Gasteiger partial charge in [-0.1, -0.05) is 0 Å². The summed E-state index contributed by atoms with van der Waals surface area (Å²) >= 11 is 5.39. The fourth-order valence-electron chi connectivity index (χ4n) is 2.88. The quantitative estimate of drug-likeness (QED) is 0.667. The molecule has 0 N–H and O–H groups in total. The Balaban J connectivity index is 1.52. The summed E-state index contributed by atoms with van der Waals surface area (Å²) < 4.78 is 0. The van der Waals surface area contributed by atoms with Crippen molar-refractivity contribution < 1.29 is 0 Å². The van der Waals surface area contributed by atoms with E-state index in [4.69, 9.17) is 4.98 Å². The fourth-order valence-corrected chi connectivity index (χ4v) is 5.37. The number of hydrogen-bond donors (Lipinski definition) is 0. The molecule has 0 fully saturated rings. The highest BCUT2D eigenvalue weighted by Gasteiger charge is 2.25. The summed E-state index contributed by atoms with van der Waals surface area (Å²) in [4.78, 5) is 8.92. The Morgan fingerprint density at radius 2 is 2.19 bits per heavy atom. The monoisotopic (exact) mass is 332 g/mol. The summed E-state index contributed by atoms with van der Waals surface area (Å²) in [5, 5.41) is 9.86. The van der Waals surface area contributed by atoms with E-state index in [1.54, 1.807) is 27.6 Å². The van der Waals surface area contributed by atoms with Crippen LogP contribution in [0.25, 0.3) is 10.6 Å². The van der Waals surface area contributed by atoms with Gasteiger partial charge in [-0.15, -0.1) is 22.7 Å². The van der Waals surface area contributed by atoms with E-state index < -0.39 is 0 Å². The van der Waals surface area contributed by atoms with E-state index >= 15 is 0 Å². The van der Waals surface area contributed by atoms with Crippen LogP contribution in [0.4, 0.5) is 0 Å². The molecule has 0 aromatic carbocycles. The third kappa shape index (κ3) is 2.59. The van der Waals surface area contributed by atoms with E-state index in [0.717, 1.165) is 18.1 Å². The molecular weight excluding hydrogens is 316 g/mol. The molecule has 5 heteroatoms. The Morgan fingerprint density at radius 1 is 1.24 bits per heavy atom. The van der Waals surface area contributed by atoms with Crippen LogP contribution < -0.4 is 0 Å². The van der Waals surface area contributed by atoms with Gasteiger partial charge in [0.15, 0.2) is 0 Å². The van der Waals surface area contributed by atoms with Crippen molar-refractivity contribution in [3.8, 4) is 10.6 Å². The van der Waals surface area contributed by atoms with Crippen molar-refractivity contribution in [1.29, 1.82) is 0 Å². The largest absolute Gasteiger partial charge is 0.290 e. The summed E-state index contributed by atoms with van der Waals surface area (Å²) in [5.74, 6) is 0. The Bertz CT molecular complexity index is 726. The number of aromatic nitrogens is 1. The number of thiazole rings is 1. The first kappa shape index (κ1) is 13.6. The van der Waals surface area contributed by atoms with Gasteiger partial charge in [0.2, 0.25) is 0 Å². The highest BCUT2D eigenvalue weighted by atomic mass is 32.1. The van der Waals surface area contributed by atoms with Crippen LogP contribution >= 0.6 is 34.0 Å². The third-order valence-corrected chi connectivity index (χ3v) is 6.71. The van der Waals surface area contributed by atoms with Crippen molar-refractivity contribution in [2.24, 2.45) is 0 Å². The normalized spacial score (nSPS) is 18.8. The second-order valence-electron chi connectivity index (χ2n) is 5.35. The van der Waals surface area contributed by atoms with Gasteiger partial charge in [0, 0.05) is 40.3 Å². The predicted molar refractivity (Wildman–Crippen MR) is 92.3 cm³/mol. The van der Waals surface area contributed by atoms with Crippen molar-refractivity contribution in [3.63, 3.8) is 0 Å². The summed E-state index contributed by atoms with van der Waals surface area (Å²) in [6.07, 6.45) is 1.18. The summed E-state index contributed by atoms with van der Waals surface area (Å²) in [6.45, 7) is 4.41. The molecule has 108 valence electrons. The number of fused-ring (bicyclic) bond motifs is 1. The van der Waals surface area contributed by atoms with Crippen molar-refractivity contribution in [1.82, 2.24) is 9.88 Å². The molecule has 0 saturated carbocycles. The molecule has 1 atom stereocenters. The first-order chi connectivity index (χ1) is 10.3. The van der Waals surface area contributed by atoms with Gasteiger partial charge in [-0.3, -0.25) is 4.90 Å². The van der Waals surface area contributed by atoms with Crippen LogP contribution in [0.1, 0.15) is 29.1 Å². The highest BCUT2D eigenvalue weighted by molar-refractivity contribution is 7.14. The smallest absolute Gasteiger partial charge is 0.124 e. The lowest BCUT2D eigenvalue weighted by atomic mass is 10.0. The molecule has 1 unspecified atom stereocenters. The fraction of sp³-hybridized carbons (Fsp3) is 0.312. The zero-order valence-electron chi connectivity index (χ0n) is 11.8. The van der Waals surface area contributed by atoms with Gasteiger partial charge >= 0.3 is 0 Å². The molecule has 0 bridgehead atoms. The average molecular weight is 333 g/mol. The summed E-state index contributed by atoms with van der Waals surface area (Å²) in [7, 11) is 0. The molecule has 0 radical (unpaired) electrons. The minimum Gasteiger partial charge on any atom is -0.290 e. The van der Waals surface area contributed by atoms with Crippen LogP contribution in [0.15, 0.2) is 33.7 Å². The maximum absolute atomic E-state index is 4.81. The Labute approximate surface area is 136 Å². The molecule has 4 rings (SSSR count). The summed E-state index contributed by atoms with van der Waals surface area (Å²) in [6, 6.07) is 4.94.